The van der Waals surface area contributed by atoms with Gasteiger partial charge in [-0.25, -0.2) is 4.98 Å². The van der Waals surface area contributed by atoms with Crippen molar-refractivity contribution < 1.29 is 18.0 Å². The summed E-state index contributed by atoms with van der Waals surface area (Å²) in [7, 11) is 0. The molecule has 0 radical (unpaired) electrons. The van der Waals surface area contributed by atoms with Crippen LogP contribution in [0.25, 0.3) is 11.4 Å². The molecule has 0 amide bonds. The second kappa shape index (κ2) is 5.85. The van der Waals surface area contributed by atoms with E-state index in [2.05, 4.69) is 10.9 Å². The molecule has 2 aromatic rings. The molecule has 0 unspecified atom stereocenters. The first-order chi connectivity index (χ1) is 10.4. The number of hydrogen-bond donors (Lipinski definition) is 0. The molecule has 0 bridgehead atoms. The van der Waals surface area contributed by atoms with Crippen LogP contribution in [0.15, 0.2) is 35.1 Å². The maximum absolute atomic E-state index is 13.0. The molecule has 0 spiro atoms. The Hall–Kier alpha value is -2.88. The van der Waals surface area contributed by atoms with E-state index < -0.39 is 23.0 Å². The first-order valence-corrected chi connectivity index (χ1v) is 6.06. The fourth-order valence-electron chi connectivity index (χ4n) is 1.94. The number of carbonyl (C=O) groups excluding carboxylic acids is 1. The van der Waals surface area contributed by atoms with E-state index in [0.717, 1.165) is 4.57 Å². The van der Waals surface area contributed by atoms with Gasteiger partial charge < -0.3 is 0 Å². The molecule has 0 fully saturated rings. The van der Waals surface area contributed by atoms with Gasteiger partial charge in [0.2, 0.25) is 0 Å². The fourth-order valence-corrected chi connectivity index (χ4v) is 1.94. The van der Waals surface area contributed by atoms with Gasteiger partial charge in [-0.1, -0.05) is 36.3 Å². The molecular weight excluding hydrogens is 297 g/mol. The number of carbonyl (C=O) groups is 1. The van der Waals surface area contributed by atoms with Crippen LogP contribution in [0.2, 0.25) is 0 Å². The molecule has 0 saturated heterocycles. The predicted molar refractivity (Wildman–Crippen MR) is 73.2 cm³/mol. The largest absolute Gasteiger partial charge is 0.434 e. The van der Waals surface area contributed by atoms with Crippen molar-refractivity contribution in [2.45, 2.75) is 12.7 Å². The van der Waals surface area contributed by atoms with Crippen LogP contribution in [0.4, 0.5) is 13.2 Å². The lowest BCUT2D eigenvalue weighted by Gasteiger charge is -2.15. The summed E-state index contributed by atoms with van der Waals surface area (Å²) in [6.07, 6.45) is 0.0684. The first kappa shape index (κ1) is 15.5. The van der Waals surface area contributed by atoms with Crippen LogP contribution in [-0.4, -0.2) is 15.8 Å². The summed E-state index contributed by atoms with van der Waals surface area (Å²) < 4.78 is 39.9. The second-order valence-electron chi connectivity index (χ2n) is 4.27. The topological polar surface area (TPSA) is 52.0 Å². The van der Waals surface area contributed by atoms with E-state index >= 15 is 0 Å². The van der Waals surface area contributed by atoms with Gasteiger partial charge in [0.1, 0.15) is 11.4 Å². The predicted octanol–water partition coefficient (Wildman–Crippen LogP) is 2.37. The lowest BCUT2D eigenvalue weighted by Crippen LogP contribution is -2.31. The quantitative estimate of drug-likeness (QED) is 0.646. The van der Waals surface area contributed by atoms with Crippen LogP contribution < -0.4 is 5.56 Å². The normalized spacial score (nSPS) is 11.0. The maximum Gasteiger partial charge on any atom is 0.434 e. The van der Waals surface area contributed by atoms with E-state index in [1.165, 1.54) is 12.1 Å². The van der Waals surface area contributed by atoms with Crippen molar-refractivity contribution in [3.05, 3.63) is 51.9 Å². The molecule has 0 aliphatic carbocycles. The molecule has 2 rings (SSSR count). The van der Waals surface area contributed by atoms with Gasteiger partial charge in [0.15, 0.2) is 12.0 Å². The molecule has 0 aliphatic heterocycles. The molecule has 1 aromatic carbocycles. The highest BCUT2D eigenvalue weighted by atomic mass is 19.4. The minimum absolute atomic E-state index is 0.153. The van der Waals surface area contributed by atoms with Crippen molar-refractivity contribution in [2.75, 3.05) is 0 Å². The number of halogens is 3. The number of terminal acetylenes is 1. The summed E-state index contributed by atoms with van der Waals surface area (Å²) in [5.41, 5.74) is -3.39. The van der Waals surface area contributed by atoms with Gasteiger partial charge in [-0.15, -0.1) is 6.42 Å². The molecule has 4 nitrogen and oxygen atoms in total. The number of aldehydes is 1. The van der Waals surface area contributed by atoms with Crippen LogP contribution in [0.5, 0.6) is 0 Å². The first-order valence-electron chi connectivity index (χ1n) is 6.06. The molecule has 0 aliphatic rings. The third-order valence-corrected chi connectivity index (χ3v) is 2.87. The number of rotatable bonds is 3. The SMILES string of the molecule is C#CCn1c(-c2ccccc2)nc(C(F)(F)F)c(C=O)c1=O. The molecule has 22 heavy (non-hydrogen) atoms. The Balaban J connectivity index is 2.88. The number of hydrogen-bond acceptors (Lipinski definition) is 3. The Morgan fingerprint density at radius 3 is 2.41 bits per heavy atom. The van der Waals surface area contributed by atoms with E-state index in [0.29, 0.717) is 0 Å². The smallest absolute Gasteiger partial charge is 0.298 e. The Bertz CT molecular complexity index is 803. The third-order valence-electron chi connectivity index (χ3n) is 2.87. The summed E-state index contributed by atoms with van der Waals surface area (Å²) in [6, 6.07) is 7.83. The van der Waals surface area contributed by atoms with E-state index in [9.17, 15) is 22.8 Å². The lowest BCUT2D eigenvalue weighted by atomic mass is 10.1. The van der Waals surface area contributed by atoms with Crippen LogP contribution in [0.1, 0.15) is 16.1 Å². The monoisotopic (exact) mass is 306 g/mol. The van der Waals surface area contributed by atoms with Gasteiger partial charge in [0.25, 0.3) is 5.56 Å². The van der Waals surface area contributed by atoms with Crippen LogP contribution in [0.3, 0.4) is 0 Å². The number of benzene rings is 1. The number of nitrogens with zero attached hydrogens (tertiary/aromatic N) is 2. The average Bonchev–Trinajstić information content (AvgIpc) is 2.48. The molecule has 0 saturated carbocycles. The van der Waals surface area contributed by atoms with Crippen molar-refractivity contribution >= 4 is 6.29 Å². The van der Waals surface area contributed by atoms with Crippen molar-refractivity contribution in [2.24, 2.45) is 0 Å². The van der Waals surface area contributed by atoms with E-state index in [1.807, 2.05) is 0 Å². The van der Waals surface area contributed by atoms with E-state index in [4.69, 9.17) is 6.42 Å². The van der Waals surface area contributed by atoms with Gasteiger partial charge in [-0.05, 0) is 0 Å². The zero-order chi connectivity index (χ0) is 16.3. The second-order valence-corrected chi connectivity index (χ2v) is 4.27. The Morgan fingerprint density at radius 1 is 1.27 bits per heavy atom. The molecule has 7 heteroatoms. The van der Waals surface area contributed by atoms with Crippen LogP contribution >= 0.6 is 0 Å². The molecule has 1 heterocycles. The Kier molecular flexibility index (Phi) is 4.13. The van der Waals surface area contributed by atoms with Gasteiger partial charge in [0.05, 0.1) is 6.54 Å². The van der Waals surface area contributed by atoms with E-state index in [-0.39, 0.29) is 24.2 Å². The zero-order valence-electron chi connectivity index (χ0n) is 11.1. The van der Waals surface area contributed by atoms with Crippen molar-refractivity contribution in [3.8, 4) is 23.7 Å². The molecular formula is C15H9F3N2O2. The molecule has 112 valence electrons. The highest BCUT2D eigenvalue weighted by molar-refractivity contribution is 5.77. The van der Waals surface area contributed by atoms with Crippen LogP contribution in [-0.2, 0) is 12.7 Å². The standard InChI is InChI=1S/C15H9F3N2O2/c1-2-8-20-13(10-6-4-3-5-7-10)19-12(15(16,17)18)11(9-21)14(20)22/h1,3-7,9H,8H2. The maximum atomic E-state index is 13.0. The number of aromatic nitrogens is 2. The highest BCUT2D eigenvalue weighted by Gasteiger charge is 2.38. The van der Waals surface area contributed by atoms with Gasteiger partial charge in [-0.2, -0.15) is 13.2 Å². The number of alkyl halides is 3. The van der Waals surface area contributed by atoms with Gasteiger partial charge in [-0.3, -0.25) is 14.2 Å². The molecule has 1 aromatic heterocycles. The Labute approximate surface area is 123 Å². The fraction of sp³-hybridized carbons (Fsp3) is 0.133. The summed E-state index contributed by atoms with van der Waals surface area (Å²) in [4.78, 5) is 26.5. The van der Waals surface area contributed by atoms with Crippen LogP contribution in [0, 0.1) is 12.3 Å². The van der Waals surface area contributed by atoms with Gasteiger partial charge in [0, 0.05) is 5.56 Å². The minimum atomic E-state index is -4.92. The lowest BCUT2D eigenvalue weighted by molar-refractivity contribution is -0.141. The zero-order valence-corrected chi connectivity index (χ0v) is 11.1. The van der Waals surface area contributed by atoms with Crippen molar-refractivity contribution in [1.29, 1.82) is 0 Å². The molecule has 0 N–H and O–H groups in total. The summed E-state index contributed by atoms with van der Waals surface area (Å²) in [5.74, 6) is 1.94. The average molecular weight is 306 g/mol. The highest BCUT2D eigenvalue weighted by Crippen LogP contribution is 2.30. The minimum Gasteiger partial charge on any atom is -0.298 e. The third kappa shape index (κ3) is 2.76. The van der Waals surface area contributed by atoms with Crippen molar-refractivity contribution in [1.82, 2.24) is 9.55 Å². The van der Waals surface area contributed by atoms with Gasteiger partial charge >= 0.3 is 6.18 Å². The summed E-state index contributed by atoms with van der Waals surface area (Å²) in [6.45, 7) is -0.297. The Morgan fingerprint density at radius 2 is 1.91 bits per heavy atom. The van der Waals surface area contributed by atoms with E-state index in [1.54, 1.807) is 18.2 Å². The molecule has 0 atom stereocenters. The summed E-state index contributed by atoms with van der Waals surface area (Å²) in [5, 5.41) is 0. The van der Waals surface area contributed by atoms with Crippen molar-refractivity contribution in [3.63, 3.8) is 0 Å². The summed E-state index contributed by atoms with van der Waals surface area (Å²) >= 11 is 0.